The number of anilines is 2. The number of benzene rings is 2. The van der Waals surface area contributed by atoms with E-state index in [9.17, 15) is 8.42 Å². The largest absolute Gasteiger partial charge is 0.398 e. The lowest BCUT2D eigenvalue weighted by Crippen LogP contribution is -2.14. The summed E-state index contributed by atoms with van der Waals surface area (Å²) in [6.45, 7) is 0. The Bertz CT molecular complexity index is 845. The SMILES string of the molecule is C#Cc1cccc(NS(=O)(=O)c2cc(Cl)cc(N)c2Br)c1. The van der Waals surface area contributed by atoms with Gasteiger partial charge in [-0.25, -0.2) is 8.42 Å². The van der Waals surface area contributed by atoms with Crippen molar-refractivity contribution in [1.29, 1.82) is 0 Å². The summed E-state index contributed by atoms with van der Waals surface area (Å²) in [4.78, 5) is -0.0430. The van der Waals surface area contributed by atoms with Crippen LogP contribution in [-0.2, 0) is 10.0 Å². The van der Waals surface area contributed by atoms with Gasteiger partial charge in [-0.15, -0.1) is 6.42 Å². The number of sulfonamides is 1. The van der Waals surface area contributed by atoms with Crippen LogP contribution in [0.15, 0.2) is 45.8 Å². The fourth-order valence-corrected chi connectivity index (χ4v) is 4.01. The summed E-state index contributed by atoms with van der Waals surface area (Å²) in [6, 6.07) is 9.29. The molecule has 0 bridgehead atoms. The normalized spacial score (nSPS) is 10.9. The number of rotatable bonds is 3. The van der Waals surface area contributed by atoms with E-state index in [0.717, 1.165) is 0 Å². The van der Waals surface area contributed by atoms with Gasteiger partial charge in [-0.2, -0.15) is 0 Å². The Labute approximate surface area is 136 Å². The van der Waals surface area contributed by atoms with E-state index in [0.29, 0.717) is 11.3 Å². The monoisotopic (exact) mass is 384 g/mol. The van der Waals surface area contributed by atoms with Gasteiger partial charge in [0.1, 0.15) is 4.90 Å². The van der Waals surface area contributed by atoms with E-state index in [1.165, 1.54) is 12.1 Å². The van der Waals surface area contributed by atoms with Crippen LogP contribution in [-0.4, -0.2) is 8.42 Å². The third kappa shape index (κ3) is 3.50. The Balaban J connectivity index is 2.46. The summed E-state index contributed by atoms with van der Waals surface area (Å²) in [6.07, 6.45) is 5.29. The van der Waals surface area contributed by atoms with Gasteiger partial charge in [0.05, 0.1) is 10.2 Å². The maximum Gasteiger partial charge on any atom is 0.263 e. The molecule has 0 unspecified atom stereocenters. The molecule has 0 atom stereocenters. The van der Waals surface area contributed by atoms with Crippen LogP contribution in [0.2, 0.25) is 5.02 Å². The van der Waals surface area contributed by atoms with Gasteiger partial charge in [0.15, 0.2) is 0 Å². The maximum absolute atomic E-state index is 12.4. The first kappa shape index (κ1) is 15.7. The van der Waals surface area contributed by atoms with Crippen molar-refractivity contribution in [2.75, 3.05) is 10.5 Å². The second-order valence-electron chi connectivity index (χ2n) is 4.14. The molecule has 108 valence electrons. The Morgan fingerprint density at radius 3 is 2.67 bits per heavy atom. The summed E-state index contributed by atoms with van der Waals surface area (Å²) in [5.74, 6) is 2.44. The van der Waals surface area contributed by atoms with Crippen LogP contribution in [0, 0.1) is 12.3 Å². The molecule has 0 aliphatic rings. The molecule has 0 aliphatic carbocycles. The van der Waals surface area contributed by atoms with Gasteiger partial charge >= 0.3 is 0 Å². The molecule has 0 spiro atoms. The summed E-state index contributed by atoms with van der Waals surface area (Å²) in [7, 11) is -3.84. The van der Waals surface area contributed by atoms with Crippen LogP contribution in [0.5, 0.6) is 0 Å². The van der Waals surface area contributed by atoms with Gasteiger partial charge in [0, 0.05) is 16.3 Å². The van der Waals surface area contributed by atoms with Crippen LogP contribution in [0.1, 0.15) is 5.56 Å². The van der Waals surface area contributed by atoms with Crippen molar-refractivity contribution in [3.8, 4) is 12.3 Å². The van der Waals surface area contributed by atoms with Crippen molar-refractivity contribution >= 4 is 48.9 Å². The molecule has 21 heavy (non-hydrogen) atoms. The lowest BCUT2D eigenvalue weighted by molar-refractivity contribution is 0.601. The molecule has 2 rings (SSSR count). The topological polar surface area (TPSA) is 72.2 Å². The van der Waals surface area contributed by atoms with Gasteiger partial charge < -0.3 is 5.73 Å². The van der Waals surface area contributed by atoms with Gasteiger partial charge in [-0.3, -0.25) is 4.72 Å². The van der Waals surface area contributed by atoms with E-state index in [-0.39, 0.29) is 20.1 Å². The van der Waals surface area contributed by atoms with Gasteiger partial charge in [0.2, 0.25) is 0 Å². The van der Waals surface area contributed by atoms with E-state index in [1.807, 2.05) is 0 Å². The number of hydrogen-bond acceptors (Lipinski definition) is 3. The van der Waals surface area contributed by atoms with Crippen LogP contribution < -0.4 is 10.5 Å². The second-order valence-corrected chi connectivity index (χ2v) is 7.02. The number of terminal acetylenes is 1. The lowest BCUT2D eigenvalue weighted by Gasteiger charge is -2.11. The Morgan fingerprint density at radius 2 is 2.00 bits per heavy atom. The van der Waals surface area contributed by atoms with Crippen LogP contribution in [0.25, 0.3) is 0 Å². The van der Waals surface area contributed by atoms with Crippen molar-refractivity contribution in [3.63, 3.8) is 0 Å². The third-order valence-corrected chi connectivity index (χ3v) is 5.37. The fourth-order valence-electron chi connectivity index (χ4n) is 1.66. The zero-order valence-electron chi connectivity index (χ0n) is 10.6. The van der Waals surface area contributed by atoms with Gasteiger partial charge in [-0.05, 0) is 46.3 Å². The molecule has 0 saturated heterocycles. The fraction of sp³-hybridized carbons (Fsp3) is 0. The van der Waals surface area contributed by atoms with Gasteiger partial charge in [-0.1, -0.05) is 23.6 Å². The zero-order valence-corrected chi connectivity index (χ0v) is 13.8. The zero-order chi connectivity index (χ0) is 15.6. The molecule has 2 aromatic rings. The highest BCUT2D eigenvalue weighted by molar-refractivity contribution is 9.10. The Morgan fingerprint density at radius 1 is 1.29 bits per heavy atom. The number of hydrogen-bond donors (Lipinski definition) is 2. The highest BCUT2D eigenvalue weighted by atomic mass is 79.9. The van der Waals surface area contributed by atoms with Crippen molar-refractivity contribution < 1.29 is 8.42 Å². The molecule has 0 aromatic heterocycles. The van der Waals surface area contributed by atoms with E-state index in [4.69, 9.17) is 23.8 Å². The van der Waals surface area contributed by atoms with E-state index >= 15 is 0 Å². The number of nitrogen functional groups attached to an aromatic ring is 1. The lowest BCUT2D eigenvalue weighted by atomic mass is 10.2. The maximum atomic E-state index is 12.4. The van der Waals surface area contributed by atoms with Crippen LogP contribution in [0.4, 0.5) is 11.4 Å². The standard InChI is InChI=1S/C14H10BrClN2O2S/c1-2-9-4-3-5-11(6-9)18-21(19,20)13-8-10(16)7-12(17)14(13)15/h1,3-8,18H,17H2. The van der Waals surface area contributed by atoms with Crippen molar-refractivity contribution in [2.45, 2.75) is 4.90 Å². The minimum Gasteiger partial charge on any atom is -0.398 e. The minimum absolute atomic E-state index is 0.0430. The van der Waals surface area contributed by atoms with Crippen molar-refractivity contribution in [3.05, 3.63) is 51.5 Å². The number of halogens is 2. The smallest absolute Gasteiger partial charge is 0.263 e. The predicted octanol–water partition coefficient (Wildman–Crippen LogP) is 3.47. The van der Waals surface area contributed by atoms with Crippen LogP contribution >= 0.6 is 27.5 Å². The average molecular weight is 386 g/mol. The number of nitrogens with two attached hydrogens (primary N) is 1. The second kappa shape index (κ2) is 5.98. The van der Waals surface area contributed by atoms with E-state index in [2.05, 4.69) is 26.6 Å². The predicted molar refractivity (Wildman–Crippen MR) is 88.7 cm³/mol. The van der Waals surface area contributed by atoms with E-state index in [1.54, 1.807) is 24.3 Å². The Hall–Kier alpha value is -1.68. The molecule has 2 aromatic carbocycles. The van der Waals surface area contributed by atoms with Crippen molar-refractivity contribution in [1.82, 2.24) is 0 Å². The highest BCUT2D eigenvalue weighted by Gasteiger charge is 2.20. The molecule has 0 saturated carbocycles. The van der Waals surface area contributed by atoms with Crippen LogP contribution in [0.3, 0.4) is 0 Å². The first-order valence-corrected chi connectivity index (χ1v) is 8.33. The average Bonchev–Trinajstić information content (AvgIpc) is 2.42. The first-order chi connectivity index (χ1) is 9.83. The minimum atomic E-state index is -3.84. The van der Waals surface area contributed by atoms with Gasteiger partial charge in [0.25, 0.3) is 10.0 Å². The molecule has 3 N–H and O–H groups in total. The summed E-state index contributed by atoms with van der Waals surface area (Å²) < 4.78 is 27.5. The Kier molecular flexibility index (Phi) is 4.47. The molecule has 0 heterocycles. The highest BCUT2D eigenvalue weighted by Crippen LogP contribution is 2.32. The quantitative estimate of drug-likeness (QED) is 0.628. The summed E-state index contributed by atoms with van der Waals surface area (Å²) in [5.41, 5.74) is 6.87. The molecule has 7 heteroatoms. The first-order valence-electron chi connectivity index (χ1n) is 5.67. The molecular formula is C14H10BrClN2O2S. The van der Waals surface area contributed by atoms with Crippen molar-refractivity contribution in [2.24, 2.45) is 0 Å². The summed E-state index contributed by atoms with van der Waals surface area (Å²) >= 11 is 9.02. The molecular weight excluding hydrogens is 376 g/mol. The number of nitrogens with one attached hydrogen (secondary N) is 1. The summed E-state index contributed by atoms with van der Waals surface area (Å²) in [5, 5.41) is 0.230. The molecule has 4 nitrogen and oxygen atoms in total. The molecule has 0 radical (unpaired) electrons. The third-order valence-electron chi connectivity index (χ3n) is 2.60. The van der Waals surface area contributed by atoms with E-state index < -0.39 is 10.0 Å². The molecule has 0 aliphatic heterocycles. The molecule has 0 amide bonds. The molecule has 0 fully saturated rings.